The Labute approximate surface area is 160 Å². The van der Waals surface area contributed by atoms with Gasteiger partial charge in [-0.15, -0.1) is 5.10 Å². The first-order valence-electron chi connectivity index (χ1n) is 8.41. The van der Waals surface area contributed by atoms with Gasteiger partial charge in [0.1, 0.15) is 6.20 Å². The molecule has 0 saturated heterocycles. The summed E-state index contributed by atoms with van der Waals surface area (Å²) in [5.41, 5.74) is 0.447. The highest BCUT2D eigenvalue weighted by atomic mass is 32.2. The average molecular weight is 391 g/mol. The number of thioether (sulfide) groups is 1. The number of hydrogen-bond donors (Lipinski definition) is 2. The summed E-state index contributed by atoms with van der Waals surface area (Å²) < 4.78 is 6.00. The van der Waals surface area contributed by atoms with Crippen LogP contribution in [-0.2, 0) is 9.53 Å². The maximum Gasteiger partial charge on any atom is 0.338 e. The number of esters is 1. The van der Waals surface area contributed by atoms with Crippen molar-refractivity contribution in [3.63, 3.8) is 0 Å². The Balaban J connectivity index is 1.83. The molecule has 0 atom stereocenters. The molecule has 1 amide bonds. The molecule has 0 unspecified atom stereocenters. The molecule has 0 aliphatic heterocycles. The molecule has 3 N–H and O–H groups in total. The number of hydrogen-bond acceptors (Lipinski definition) is 8. The highest BCUT2D eigenvalue weighted by Crippen LogP contribution is 2.14. The fraction of sp³-hybridized carbons (Fsp3) is 0.353. The van der Waals surface area contributed by atoms with Crippen LogP contribution in [0.3, 0.4) is 0 Å². The molecule has 2 rings (SSSR count). The fourth-order valence-electron chi connectivity index (χ4n) is 2.05. The van der Waals surface area contributed by atoms with Gasteiger partial charge in [-0.05, 0) is 30.7 Å². The topological polar surface area (TPSA) is 129 Å². The lowest BCUT2D eigenvalue weighted by atomic mass is 10.2. The van der Waals surface area contributed by atoms with Crippen LogP contribution in [0.2, 0.25) is 0 Å². The Morgan fingerprint density at radius 3 is 2.70 bits per heavy atom. The number of nitrogen functional groups attached to an aromatic ring is 1. The standard InChI is InChI=1S/C17H21N5O4S/c1-2-3-4-9-26-16(25)12-5-7-13(8-6-12)20-14(23)11-27-17-21-19-10-15(24)22(17)18/h5-8,10H,2-4,9,11,18H2,1H3,(H,20,23). The van der Waals surface area contributed by atoms with E-state index in [1.165, 1.54) is 0 Å². The number of aromatic nitrogens is 3. The van der Waals surface area contributed by atoms with Gasteiger partial charge in [0, 0.05) is 5.69 Å². The van der Waals surface area contributed by atoms with Gasteiger partial charge in [-0.1, -0.05) is 31.5 Å². The minimum absolute atomic E-state index is 0.00342. The number of carbonyl (C=O) groups is 2. The lowest BCUT2D eigenvalue weighted by Gasteiger charge is -2.08. The summed E-state index contributed by atoms with van der Waals surface area (Å²) in [4.78, 5) is 35.2. The summed E-state index contributed by atoms with van der Waals surface area (Å²) in [5, 5.41) is 10.0. The molecule has 1 aromatic carbocycles. The van der Waals surface area contributed by atoms with E-state index < -0.39 is 5.56 Å². The molecule has 27 heavy (non-hydrogen) atoms. The SMILES string of the molecule is CCCCCOC(=O)c1ccc(NC(=O)CSc2nncc(=O)n2N)cc1. The Morgan fingerprint density at radius 2 is 2.00 bits per heavy atom. The highest BCUT2D eigenvalue weighted by molar-refractivity contribution is 7.99. The molecule has 0 fully saturated rings. The quantitative estimate of drug-likeness (QED) is 0.284. The van der Waals surface area contributed by atoms with Crippen LogP contribution >= 0.6 is 11.8 Å². The molecule has 1 aromatic heterocycles. The van der Waals surface area contributed by atoms with E-state index in [9.17, 15) is 14.4 Å². The number of rotatable bonds is 9. The van der Waals surface area contributed by atoms with Crippen LogP contribution in [0.1, 0.15) is 36.5 Å². The van der Waals surface area contributed by atoms with Crippen molar-refractivity contribution >= 4 is 29.3 Å². The number of unbranched alkanes of at least 4 members (excludes halogenated alkanes) is 2. The van der Waals surface area contributed by atoms with Crippen molar-refractivity contribution < 1.29 is 14.3 Å². The molecule has 0 aliphatic rings. The van der Waals surface area contributed by atoms with Gasteiger partial charge in [-0.2, -0.15) is 9.77 Å². The van der Waals surface area contributed by atoms with Gasteiger partial charge in [0.05, 0.1) is 17.9 Å². The molecular weight excluding hydrogens is 370 g/mol. The molecule has 0 radical (unpaired) electrons. The number of nitrogens with two attached hydrogens (primary N) is 1. The highest BCUT2D eigenvalue weighted by Gasteiger charge is 2.10. The second-order valence-corrected chi connectivity index (χ2v) is 6.54. The van der Waals surface area contributed by atoms with Crippen molar-refractivity contribution in [3.05, 3.63) is 46.4 Å². The van der Waals surface area contributed by atoms with Gasteiger partial charge < -0.3 is 15.9 Å². The van der Waals surface area contributed by atoms with Crippen molar-refractivity contribution in [3.8, 4) is 0 Å². The van der Waals surface area contributed by atoms with Gasteiger partial charge in [0.15, 0.2) is 0 Å². The summed E-state index contributed by atoms with van der Waals surface area (Å²) in [5.74, 6) is 4.82. The largest absolute Gasteiger partial charge is 0.462 e. The maximum absolute atomic E-state index is 12.0. The predicted molar refractivity (Wildman–Crippen MR) is 102 cm³/mol. The third-order valence-corrected chi connectivity index (χ3v) is 4.42. The lowest BCUT2D eigenvalue weighted by Crippen LogP contribution is -2.30. The number of amides is 1. The predicted octanol–water partition coefficient (Wildman–Crippen LogP) is 1.43. The monoisotopic (exact) mass is 391 g/mol. The van der Waals surface area contributed by atoms with E-state index >= 15 is 0 Å². The zero-order valence-corrected chi connectivity index (χ0v) is 15.7. The van der Waals surface area contributed by atoms with Crippen LogP contribution in [0.15, 0.2) is 40.4 Å². The maximum atomic E-state index is 12.0. The molecule has 9 nitrogen and oxygen atoms in total. The van der Waals surface area contributed by atoms with Crippen molar-refractivity contribution in [2.75, 3.05) is 23.5 Å². The van der Waals surface area contributed by atoms with E-state index in [4.69, 9.17) is 10.6 Å². The van der Waals surface area contributed by atoms with Crippen LogP contribution in [0.25, 0.3) is 0 Å². The first kappa shape index (κ1) is 20.4. The van der Waals surface area contributed by atoms with E-state index in [0.29, 0.717) is 17.9 Å². The zero-order valence-electron chi connectivity index (χ0n) is 14.9. The molecule has 0 spiro atoms. The number of ether oxygens (including phenoxy) is 1. The molecule has 0 saturated carbocycles. The number of anilines is 1. The van der Waals surface area contributed by atoms with Crippen molar-refractivity contribution in [2.24, 2.45) is 0 Å². The molecule has 10 heteroatoms. The number of nitrogens with zero attached hydrogens (tertiary/aromatic N) is 3. The van der Waals surface area contributed by atoms with Gasteiger partial charge in [-0.25, -0.2) is 4.79 Å². The minimum Gasteiger partial charge on any atom is -0.462 e. The average Bonchev–Trinajstić information content (AvgIpc) is 2.67. The van der Waals surface area contributed by atoms with Crippen molar-refractivity contribution in [1.82, 2.24) is 14.9 Å². The Bertz CT molecular complexity index is 838. The summed E-state index contributed by atoms with van der Waals surface area (Å²) >= 11 is 0.988. The van der Waals surface area contributed by atoms with E-state index in [2.05, 4.69) is 22.4 Å². The number of nitrogens with one attached hydrogen (secondary N) is 1. The summed E-state index contributed by atoms with van der Waals surface area (Å²) in [7, 11) is 0. The first-order chi connectivity index (χ1) is 13.0. The third kappa shape index (κ3) is 6.41. The van der Waals surface area contributed by atoms with Crippen molar-refractivity contribution in [1.29, 1.82) is 0 Å². The van der Waals surface area contributed by atoms with Crippen LogP contribution in [0.5, 0.6) is 0 Å². The van der Waals surface area contributed by atoms with Crippen LogP contribution in [-0.4, -0.2) is 39.1 Å². The van der Waals surface area contributed by atoms with Crippen LogP contribution in [0.4, 0.5) is 5.69 Å². The molecular formula is C17H21N5O4S. The fourth-order valence-corrected chi connectivity index (χ4v) is 2.71. The van der Waals surface area contributed by atoms with E-state index in [1.54, 1.807) is 24.3 Å². The molecule has 0 bridgehead atoms. The van der Waals surface area contributed by atoms with Gasteiger partial charge in [0.25, 0.3) is 5.56 Å². The number of carbonyl (C=O) groups excluding carboxylic acids is 2. The molecule has 144 valence electrons. The Kier molecular flexibility index (Phi) is 7.80. The van der Waals surface area contributed by atoms with Crippen molar-refractivity contribution in [2.45, 2.75) is 31.3 Å². The zero-order chi connectivity index (χ0) is 19.6. The van der Waals surface area contributed by atoms with E-state index in [-0.39, 0.29) is 22.8 Å². The third-order valence-electron chi connectivity index (χ3n) is 3.47. The van der Waals surface area contributed by atoms with Gasteiger partial charge in [0.2, 0.25) is 11.1 Å². The van der Waals surface area contributed by atoms with Gasteiger partial charge in [-0.3, -0.25) is 9.59 Å². The minimum atomic E-state index is -0.509. The summed E-state index contributed by atoms with van der Waals surface area (Å²) in [6.45, 7) is 2.48. The normalized spacial score (nSPS) is 10.4. The molecule has 2 aromatic rings. The van der Waals surface area contributed by atoms with Crippen LogP contribution < -0.4 is 16.7 Å². The summed E-state index contributed by atoms with van der Waals surface area (Å²) in [6, 6.07) is 6.41. The Morgan fingerprint density at radius 1 is 1.26 bits per heavy atom. The lowest BCUT2D eigenvalue weighted by molar-refractivity contribution is -0.113. The van der Waals surface area contributed by atoms with Crippen LogP contribution in [0, 0.1) is 0 Å². The second kappa shape index (κ2) is 10.3. The van der Waals surface area contributed by atoms with E-state index in [0.717, 1.165) is 41.9 Å². The smallest absolute Gasteiger partial charge is 0.338 e. The van der Waals surface area contributed by atoms with E-state index in [1.807, 2.05) is 0 Å². The number of benzene rings is 1. The molecule has 0 aliphatic carbocycles. The second-order valence-electron chi connectivity index (χ2n) is 5.59. The Hall–Kier alpha value is -2.88. The summed E-state index contributed by atoms with van der Waals surface area (Å²) in [6.07, 6.45) is 3.91. The first-order valence-corrected chi connectivity index (χ1v) is 9.39. The van der Waals surface area contributed by atoms with Gasteiger partial charge >= 0.3 is 5.97 Å². The molecule has 1 heterocycles.